The molecule has 5 nitrogen and oxygen atoms in total. The highest BCUT2D eigenvalue weighted by Gasteiger charge is 2.22. The molecule has 20 heavy (non-hydrogen) atoms. The molecule has 2 heterocycles. The Hall–Kier alpha value is -1.34. The maximum Gasteiger partial charge on any atom is 0.328 e. The Morgan fingerprint density at radius 1 is 1.60 bits per heavy atom. The van der Waals surface area contributed by atoms with Crippen LogP contribution >= 0.6 is 23.1 Å². The first-order valence-corrected chi connectivity index (χ1v) is 8.24. The summed E-state index contributed by atoms with van der Waals surface area (Å²) in [6.45, 7) is 3.68. The van der Waals surface area contributed by atoms with Gasteiger partial charge < -0.3 is 4.74 Å². The second-order valence-electron chi connectivity index (χ2n) is 4.26. The maximum atomic E-state index is 12.6. The third-order valence-corrected chi connectivity index (χ3v) is 4.90. The number of carbonyl (C=O) groups excluding carboxylic acids is 1. The predicted octanol–water partition coefficient (Wildman–Crippen LogP) is 2.48. The van der Waals surface area contributed by atoms with E-state index >= 15 is 0 Å². The third kappa shape index (κ3) is 2.47. The number of hydrogen-bond donors (Lipinski definition) is 0. The molecule has 0 fully saturated rings. The van der Waals surface area contributed by atoms with Crippen molar-refractivity contribution in [3.05, 3.63) is 21.3 Å². The summed E-state index contributed by atoms with van der Waals surface area (Å²) < 4.78 is 6.13. The highest BCUT2D eigenvalue weighted by molar-refractivity contribution is 7.98. The summed E-state index contributed by atoms with van der Waals surface area (Å²) in [5.41, 5.74) is -0.187. The molecule has 0 aromatic carbocycles. The van der Waals surface area contributed by atoms with Gasteiger partial charge in [-0.1, -0.05) is 18.7 Å². The van der Waals surface area contributed by atoms with Gasteiger partial charge in [-0.25, -0.2) is 9.78 Å². The van der Waals surface area contributed by atoms with Crippen molar-refractivity contribution in [3.63, 3.8) is 0 Å². The molecule has 0 saturated heterocycles. The molecule has 0 aliphatic rings. The summed E-state index contributed by atoms with van der Waals surface area (Å²) in [6, 6.07) is 1.18. The molecule has 7 heteroatoms. The van der Waals surface area contributed by atoms with E-state index in [0.29, 0.717) is 10.5 Å². The lowest BCUT2D eigenvalue weighted by atomic mass is 10.3. The Labute approximate surface area is 125 Å². The minimum absolute atomic E-state index is 0.187. The number of methoxy groups -OCH3 is 1. The van der Waals surface area contributed by atoms with E-state index in [1.165, 1.54) is 34.8 Å². The number of hydrogen-bond acceptors (Lipinski definition) is 6. The second kappa shape index (κ2) is 5.97. The Kier molecular flexibility index (Phi) is 4.49. The molecule has 2 aromatic heterocycles. The normalized spacial score (nSPS) is 12.6. The molecule has 2 rings (SSSR count). The van der Waals surface area contributed by atoms with Gasteiger partial charge in [-0.3, -0.25) is 9.36 Å². The molecule has 1 atom stereocenters. The molecule has 108 valence electrons. The van der Waals surface area contributed by atoms with E-state index in [4.69, 9.17) is 4.74 Å². The van der Waals surface area contributed by atoms with E-state index < -0.39 is 12.0 Å². The molecule has 0 saturated carbocycles. The molecule has 0 N–H and O–H groups in total. The number of rotatable bonds is 4. The van der Waals surface area contributed by atoms with E-state index in [1.807, 2.05) is 19.2 Å². The van der Waals surface area contributed by atoms with Crippen molar-refractivity contribution >= 4 is 39.3 Å². The highest BCUT2D eigenvalue weighted by atomic mass is 32.2. The van der Waals surface area contributed by atoms with Crippen LogP contribution in [0.4, 0.5) is 0 Å². The quantitative estimate of drug-likeness (QED) is 0.493. The average molecular weight is 312 g/mol. The average Bonchev–Trinajstić information content (AvgIpc) is 2.88. The molecule has 2 aromatic rings. The van der Waals surface area contributed by atoms with E-state index in [1.54, 1.807) is 6.92 Å². The zero-order chi connectivity index (χ0) is 14.9. The molecular formula is C13H16N2O3S2. The van der Waals surface area contributed by atoms with Gasteiger partial charge in [0.05, 0.1) is 12.5 Å². The van der Waals surface area contributed by atoms with Crippen molar-refractivity contribution < 1.29 is 9.53 Å². The first-order chi connectivity index (χ1) is 9.53. The summed E-state index contributed by atoms with van der Waals surface area (Å²) >= 11 is 2.87. The molecule has 0 spiro atoms. The number of aromatic nitrogens is 2. The maximum absolute atomic E-state index is 12.6. The van der Waals surface area contributed by atoms with E-state index in [2.05, 4.69) is 4.98 Å². The van der Waals surface area contributed by atoms with Crippen LogP contribution in [-0.2, 0) is 16.0 Å². The number of thioether (sulfide) groups is 1. The molecule has 0 radical (unpaired) electrons. The lowest BCUT2D eigenvalue weighted by Gasteiger charge is -2.15. The topological polar surface area (TPSA) is 61.2 Å². The summed E-state index contributed by atoms with van der Waals surface area (Å²) in [4.78, 5) is 30.7. The van der Waals surface area contributed by atoms with Gasteiger partial charge in [0, 0.05) is 4.88 Å². The fourth-order valence-corrected chi connectivity index (χ4v) is 3.60. The van der Waals surface area contributed by atoms with Crippen molar-refractivity contribution in [1.29, 1.82) is 0 Å². The van der Waals surface area contributed by atoms with Crippen LogP contribution in [0.25, 0.3) is 10.2 Å². The largest absolute Gasteiger partial charge is 0.467 e. The van der Waals surface area contributed by atoms with Crippen LogP contribution in [-0.4, -0.2) is 28.9 Å². The fourth-order valence-electron chi connectivity index (χ4n) is 1.96. The smallest absolute Gasteiger partial charge is 0.328 e. The summed E-state index contributed by atoms with van der Waals surface area (Å²) in [5, 5.41) is 1.10. The van der Waals surface area contributed by atoms with Crippen LogP contribution in [0.2, 0.25) is 0 Å². The summed E-state index contributed by atoms with van der Waals surface area (Å²) in [7, 11) is 1.31. The van der Waals surface area contributed by atoms with Crippen LogP contribution in [0, 0.1) is 0 Å². The highest BCUT2D eigenvalue weighted by Crippen LogP contribution is 2.25. The zero-order valence-corrected chi connectivity index (χ0v) is 13.4. The Morgan fingerprint density at radius 2 is 2.30 bits per heavy atom. The van der Waals surface area contributed by atoms with Gasteiger partial charge in [-0.15, -0.1) is 11.3 Å². The standard InChI is InChI=1S/C13H16N2O3S2/c1-5-8-6-9-10(20-8)14-13(19-4)15(11(9)16)7(2)12(17)18-3/h6-7H,5H2,1-4H3. The first-order valence-electron chi connectivity index (χ1n) is 6.20. The number of fused-ring (bicyclic) bond motifs is 1. The van der Waals surface area contributed by atoms with Crippen LogP contribution in [0.15, 0.2) is 16.0 Å². The van der Waals surface area contributed by atoms with Crippen LogP contribution in [0.5, 0.6) is 0 Å². The van der Waals surface area contributed by atoms with Gasteiger partial charge in [0.1, 0.15) is 10.9 Å². The predicted molar refractivity (Wildman–Crippen MR) is 81.8 cm³/mol. The molecule has 1 unspecified atom stereocenters. The van der Waals surface area contributed by atoms with Crippen molar-refractivity contribution in [2.24, 2.45) is 0 Å². The number of thiophene rings is 1. The zero-order valence-electron chi connectivity index (χ0n) is 11.8. The lowest BCUT2D eigenvalue weighted by Crippen LogP contribution is -2.30. The van der Waals surface area contributed by atoms with Gasteiger partial charge in [-0.05, 0) is 25.7 Å². The monoisotopic (exact) mass is 312 g/mol. The number of esters is 1. The van der Waals surface area contributed by atoms with E-state index in [-0.39, 0.29) is 5.56 Å². The second-order valence-corrected chi connectivity index (χ2v) is 6.15. The third-order valence-electron chi connectivity index (χ3n) is 3.08. The van der Waals surface area contributed by atoms with Crippen LogP contribution in [0.3, 0.4) is 0 Å². The molecule has 0 aliphatic carbocycles. The summed E-state index contributed by atoms with van der Waals surface area (Å²) in [5.74, 6) is -0.450. The van der Waals surface area contributed by atoms with Crippen LogP contribution in [0.1, 0.15) is 24.8 Å². The Morgan fingerprint density at radius 3 is 2.85 bits per heavy atom. The molecule has 0 amide bonds. The van der Waals surface area contributed by atoms with Gasteiger partial charge >= 0.3 is 5.97 Å². The molecule has 0 bridgehead atoms. The van der Waals surface area contributed by atoms with E-state index in [9.17, 15) is 9.59 Å². The minimum Gasteiger partial charge on any atom is -0.467 e. The van der Waals surface area contributed by atoms with E-state index in [0.717, 1.165) is 16.1 Å². The number of aryl methyl sites for hydroxylation is 1. The molecular weight excluding hydrogens is 296 g/mol. The number of nitrogens with zero attached hydrogens (tertiary/aromatic N) is 2. The number of ether oxygens (including phenoxy) is 1. The summed E-state index contributed by atoms with van der Waals surface area (Å²) in [6.07, 6.45) is 2.70. The van der Waals surface area contributed by atoms with Gasteiger partial charge in [0.25, 0.3) is 5.56 Å². The van der Waals surface area contributed by atoms with Crippen molar-refractivity contribution in [2.75, 3.05) is 13.4 Å². The van der Waals surface area contributed by atoms with Crippen molar-refractivity contribution in [2.45, 2.75) is 31.5 Å². The Bertz CT molecular complexity index is 705. The van der Waals surface area contributed by atoms with Gasteiger partial charge in [0.2, 0.25) is 0 Å². The SMILES string of the molecule is CCc1cc2c(=O)n(C(C)C(=O)OC)c(SC)nc2s1. The lowest BCUT2D eigenvalue weighted by molar-refractivity contribution is -0.144. The van der Waals surface area contributed by atoms with Gasteiger partial charge in [-0.2, -0.15) is 0 Å². The molecule has 0 aliphatic heterocycles. The fraction of sp³-hybridized carbons (Fsp3) is 0.462. The van der Waals surface area contributed by atoms with Crippen LogP contribution < -0.4 is 5.56 Å². The number of carbonyl (C=O) groups is 1. The minimum atomic E-state index is -0.683. The van der Waals surface area contributed by atoms with Gasteiger partial charge in [0.15, 0.2) is 5.16 Å². The van der Waals surface area contributed by atoms with Crippen molar-refractivity contribution in [3.8, 4) is 0 Å². The Balaban J connectivity index is 2.72. The van der Waals surface area contributed by atoms with Crippen molar-refractivity contribution in [1.82, 2.24) is 9.55 Å². The first kappa shape index (κ1) is 15.1.